The monoisotopic (exact) mass is 352 g/mol. The van der Waals surface area contributed by atoms with Crippen LogP contribution in [-0.4, -0.2) is 29.2 Å². The largest absolute Gasteiger partial charge is 0.355 e. The standard InChI is InChI=1S/C21H28N4O/c1-21(2,3)16-8-10-17(11-9-16)22-20(26)18-12-13-19(24-23-18)25-14-6-4-5-7-15-25/h8-13H,4-7,14-15H2,1-3H3,(H,22,26). The van der Waals surface area contributed by atoms with E-state index in [1.165, 1.54) is 31.2 Å². The number of aromatic nitrogens is 2. The number of anilines is 2. The van der Waals surface area contributed by atoms with E-state index in [9.17, 15) is 4.79 Å². The molecule has 1 aliphatic heterocycles. The summed E-state index contributed by atoms with van der Waals surface area (Å²) in [6.45, 7) is 8.53. The molecule has 26 heavy (non-hydrogen) atoms. The predicted octanol–water partition coefficient (Wildman–Crippen LogP) is 4.41. The minimum atomic E-state index is -0.233. The molecule has 0 saturated carbocycles. The first kappa shape index (κ1) is 18.4. The molecule has 1 fully saturated rings. The van der Waals surface area contributed by atoms with Crippen LogP contribution in [0.15, 0.2) is 36.4 Å². The maximum atomic E-state index is 12.4. The lowest BCUT2D eigenvalue weighted by molar-refractivity contribution is 0.102. The van der Waals surface area contributed by atoms with Crippen molar-refractivity contribution in [2.24, 2.45) is 0 Å². The van der Waals surface area contributed by atoms with Gasteiger partial charge in [-0.05, 0) is 48.1 Å². The van der Waals surface area contributed by atoms with Crippen LogP contribution in [0.4, 0.5) is 11.5 Å². The van der Waals surface area contributed by atoms with E-state index in [1.807, 2.05) is 30.3 Å². The fourth-order valence-electron chi connectivity index (χ4n) is 3.16. The molecule has 0 radical (unpaired) electrons. The normalized spacial score (nSPS) is 15.4. The number of amides is 1. The van der Waals surface area contributed by atoms with Crippen LogP contribution in [0, 0.1) is 0 Å². The number of benzene rings is 1. The number of nitrogens with zero attached hydrogens (tertiary/aromatic N) is 3. The maximum absolute atomic E-state index is 12.4. The highest BCUT2D eigenvalue weighted by Crippen LogP contribution is 2.23. The maximum Gasteiger partial charge on any atom is 0.276 e. The van der Waals surface area contributed by atoms with Crippen molar-refractivity contribution in [1.29, 1.82) is 0 Å². The molecule has 0 bridgehead atoms. The van der Waals surface area contributed by atoms with Gasteiger partial charge in [-0.25, -0.2) is 0 Å². The van der Waals surface area contributed by atoms with Gasteiger partial charge in [0.05, 0.1) is 0 Å². The first-order valence-electron chi connectivity index (χ1n) is 9.44. The van der Waals surface area contributed by atoms with Gasteiger partial charge in [0.15, 0.2) is 11.5 Å². The Balaban J connectivity index is 1.64. The summed E-state index contributed by atoms with van der Waals surface area (Å²) in [6.07, 6.45) is 4.93. The van der Waals surface area contributed by atoms with Gasteiger partial charge < -0.3 is 10.2 Å². The zero-order valence-electron chi connectivity index (χ0n) is 16.0. The summed E-state index contributed by atoms with van der Waals surface area (Å²) >= 11 is 0. The summed E-state index contributed by atoms with van der Waals surface area (Å²) in [5.41, 5.74) is 2.43. The zero-order chi connectivity index (χ0) is 18.6. The molecule has 1 aromatic heterocycles. The lowest BCUT2D eigenvalue weighted by atomic mass is 9.87. The Hall–Kier alpha value is -2.43. The average molecular weight is 352 g/mol. The summed E-state index contributed by atoms with van der Waals surface area (Å²) in [6, 6.07) is 11.6. The molecule has 1 N–H and O–H groups in total. The fourth-order valence-corrected chi connectivity index (χ4v) is 3.16. The quantitative estimate of drug-likeness (QED) is 0.889. The second-order valence-electron chi connectivity index (χ2n) is 7.96. The molecule has 1 saturated heterocycles. The molecule has 5 heteroatoms. The first-order chi connectivity index (χ1) is 12.4. The second kappa shape index (κ2) is 7.85. The van der Waals surface area contributed by atoms with E-state index in [1.54, 1.807) is 6.07 Å². The number of carbonyl (C=O) groups is 1. The third-order valence-electron chi connectivity index (χ3n) is 4.82. The Labute approximate surface area is 155 Å². The topological polar surface area (TPSA) is 58.1 Å². The van der Waals surface area contributed by atoms with E-state index in [-0.39, 0.29) is 11.3 Å². The molecule has 1 amide bonds. The van der Waals surface area contributed by atoms with Crippen molar-refractivity contribution < 1.29 is 4.79 Å². The van der Waals surface area contributed by atoms with Gasteiger partial charge in [0, 0.05) is 18.8 Å². The third kappa shape index (κ3) is 4.59. The summed E-state index contributed by atoms with van der Waals surface area (Å²) in [5.74, 6) is 0.626. The molecule has 138 valence electrons. The summed E-state index contributed by atoms with van der Waals surface area (Å²) in [7, 11) is 0. The smallest absolute Gasteiger partial charge is 0.276 e. The summed E-state index contributed by atoms with van der Waals surface area (Å²) in [4.78, 5) is 14.7. The van der Waals surface area contributed by atoms with Crippen LogP contribution < -0.4 is 10.2 Å². The van der Waals surface area contributed by atoms with Gasteiger partial charge in [-0.1, -0.05) is 45.7 Å². The number of nitrogens with one attached hydrogen (secondary N) is 1. The predicted molar refractivity (Wildman–Crippen MR) is 106 cm³/mol. The van der Waals surface area contributed by atoms with Crippen LogP contribution in [0.5, 0.6) is 0 Å². The lowest BCUT2D eigenvalue weighted by Gasteiger charge is -2.20. The number of carbonyl (C=O) groups excluding carboxylic acids is 1. The third-order valence-corrected chi connectivity index (χ3v) is 4.82. The van der Waals surface area contributed by atoms with Gasteiger partial charge in [-0.3, -0.25) is 4.79 Å². The fraction of sp³-hybridized carbons (Fsp3) is 0.476. The van der Waals surface area contributed by atoms with Crippen LogP contribution in [0.25, 0.3) is 0 Å². The van der Waals surface area contributed by atoms with E-state index in [0.717, 1.165) is 24.6 Å². The number of hydrogen-bond donors (Lipinski definition) is 1. The molecule has 0 spiro atoms. The molecule has 0 unspecified atom stereocenters. The number of hydrogen-bond acceptors (Lipinski definition) is 4. The zero-order valence-corrected chi connectivity index (χ0v) is 16.0. The van der Waals surface area contributed by atoms with Crippen molar-refractivity contribution in [2.75, 3.05) is 23.3 Å². The molecule has 5 nitrogen and oxygen atoms in total. The highest BCUT2D eigenvalue weighted by molar-refractivity contribution is 6.02. The SMILES string of the molecule is CC(C)(C)c1ccc(NC(=O)c2ccc(N3CCCCCC3)nn2)cc1. The van der Waals surface area contributed by atoms with E-state index in [4.69, 9.17) is 0 Å². The molecule has 0 atom stereocenters. The van der Waals surface area contributed by atoms with E-state index in [2.05, 4.69) is 41.2 Å². The highest BCUT2D eigenvalue weighted by Gasteiger charge is 2.15. The molecule has 3 rings (SSSR count). The van der Waals surface area contributed by atoms with Gasteiger partial charge >= 0.3 is 0 Å². The summed E-state index contributed by atoms with van der Waals surface area (Å²) < 4.78 is 0. The lowest BCUT2D eigenvalue weighted by Crippen LogP contribution is -2.25. The minimum Gasteiger partial charge on any atom is -0.355 e. The molecule has 2 heterocycles. The van der Waals surface area contributed by atoms with Crippen molar-refractivity contribution in [3.05, 3.63) is 47.7 Å². The van der Waals surface area contributed by atoms with Crippen molar-refractivity contribution in [3.63, 3.8) is 0 Å². The van der Waals surface area contributed by atoms with Gasteiger partial charge in [-0.15, -0.1) is 10.2 Å². The van der Waals surface area contributed by atoms with Crippen molar-refractivity contribution in [2.45, 2.75) is 51.9 Å². The van der Waals surface area contributed by atoms with E-state index in [0.29, 0.717) is 5.69 Å². The Morgan fingerprint density at radius 3 is 2.12 bits per heavy atom. The Morgan fingerprint density at radius 1 is 0.923 bits per heavy atom. The van der Waals surface area contributed by atoms with Crippen molar-refractivity contribution >= 4 is 17.4 Å². The van der Waals surface area contributed by atoms with Gasteiger partial charge in [0.1, 0.15) is 0 Å². The second-order valence-corrected chi connectivity index (χ2v) is 7.96. The van der Waals surface area contributed by atoms with Crippen molar-refractivity contribution in [1.82, 2.24) is 10.2 Å². The van der Waals surface area contributed by atoms with Gasteiger partial charge in [0.2, 0.25) is 0 Å². The van der Waals surface area contributed by atoms with Gasteiger partial charge in [-0.2, -0.15) is 0 Å². The number of rotatable bonds is 3. The molecule has 1 aromatic carbocycles. The van der Waals surface area contributed by atoms with Crippen molar-refractivity contribution in [3.8, 4) is 0 Å². The highest BCUT2D eigenvalue weighted by atomic mass is 16.1. The Bertz CT molecular complexity index is 724. The van der Waals surface area contributed by atoms with Gasteiger partial charge in [0.25, 0.3) is 5.91 Å². The Morgan fingerprint density at radius 2 is 1.58 bits per heavy atom. The van der Waals surface area contributed by atoms with Crippen LogP contribution in [0.2, 0.25) is 0 Å². The minimum absolute atomic E-state index is 0.0944. The van der Waals surface area contributed by atoms with Crippen LogP contribution in [0.3, 0.4) is 0 Å². The van der Waals surface area contributed by atoms with E-state index >= 15 is 0 Å². The molecule has 0 aliphatic carbocycles. The summed E-state index contributed by atoms with van der Waals surface area (Å²) in [5, 5.41) is 11.3. The van der Waals surface area contributed by atoms with Crippen LogP contribution in [-0.2, 0) is 5.41 Å². The first-order valence-corrected chi connectivity index (χ1v) is 9.44. The molecule has 1 aliphatic rings. The molecular weight excluding hydrogens is 324 g/mol. The van der Waals surface area contributed by atoms with E-state index < -0.39 is 0 Å². The molecular formula is C21H28N4O. The molecule has 2 aromatic rings. The Kier molecular flexibility index (Phi) is 5.55. The van der Waals surface area contributed by atoms with Crippen LogP contribution >= 0.6 is 0 Å². The van der Waals surface area contributed by atoms with Crippen LogP contribution in [0.1, 0.15) is 62.5 Å². The average Bonchev–Trinajstić information content (AvgIpc) is 2.91.